The number of alkyl halides is 3. The van der Waals surface area contributed by atoms with Gasteiger partial charge < -0.3 is 15.1 Å². The van der Waals surface area contributed by atoms with Crippen molar-refractivity contribution in [2.24, 2.45) is 0 Å². The Kier molecular flexibility index (Phi) is 7.13. The van der Waals surface area contributed by atoms with E-state index in [2.05, 4.69) is 15.4 Å². The molecule has 4 aromatic rings. The van der Waals surface area contributed by atoms with Gasteiger partial charge in [-0.3, -0.25) is 14.6 Å². The molecule has 1 spiro atoms. The van der Waals surface area contributed by atoms with Gasteiger partial charge in [0.15, 0.2) is 5.69 Å². The molecule has 44 heavy (non-hydrogen) atoms. The first-order chi connectivity index (χ1) is 20.9. The highest BCUT2D eigenvalue weighted by Gasteiger charge is 2.51. The van der Waals surface area contributed by atoms with E-state index in [4.69, 9.17) is 0 Å². The van der Waals surface area contributed by atoms with Gasteiger partial charge in [0.25, 0.3) is 5.91 Å². The Hall–Kier alpha value is -4.81. The Labute approximate surface area is 249 Å². The zero-order chi connectivity index (χ0) is 31.4. The standard InChI is InChI=1S/C31H27F5N6O2/c1-18-12-22(13-19(2)27(18)33)41-17-38-29(44)30(41)7-10-40(11-8-30)28(43)25-15-26(20-4-3-9-37-16-20)42(39-25)21-5-6-23(24(32)14-21)31(34,35)36/h3-6,9,12-16H,7-8,10-11,17H2,1-2H3,(H,38,44). The molecule has 2 aliphatic heterocycles. The van der Waals surface area contributed by atoms with E-state index in [1.54, 1.807) is 43.0 Å². The Bertz CT molecular complexity index is 1740. The number of nitrogens with one attached hydrogen (secondary N) is 1. The second-order valence-electron chi connectivity index (χ2n) is 11.0. The fourth-order valence-electron chi connectivity index (χ4n) is 6.01. The summed E-state index contributed by atoms with van der Waals surface area (Å²) >= 11 is 0. The number of piperidine rings is 1. The zero-order valence-corrected chi connectivity index (χ0v) is 23.8. The lowest BCUT2D eigenvalue weighted by Crippen LogP contribution is -2.57. The first kappa shape index (κ1) is 29.3. The molecule has 2 aromatic heterocycles. The highest BCUT2D eigenvalue weighted by molar-refractivity contribution is 5.96. The van der Waals surface area contributed by atoms with Gasteiger partial charge in [-0.1, -0.05) is 0 Å². The fourth-order valence-corrected chi connectivity index (χ4v) is 6.01. The van der Waals surface area contributed by atoms with Gasteiger partial charge in [-0.2, -0.15) is 18.3 Å². The van der Waals surface area contributed by atoms with Gasteiger partial charge >= 0.3 is 6.18 Å². The van der Waals surface area contributed by atoms with E-state index < -0.39 is 29.0 Å². The maximum atomic E-state index is 14.5. The summed E-state index contributed by atoms with van der Waals surface area (Å²) in [6.45, 7) is 4.02. The summed E-state index contributed by atoms with van der Waals surface area (Å²) < 4.78 is 69.6. The molecule has 2 saturated heterocycles. The first-order valence-corrected chi connectivity index (χ1v) is 13.9. The average Bonchev–Trinajstić information content (AvgIpc) is 3.57. The number of pyridine rings is 1. The molecule has 0 aliphatic carbocycles. The SMILES string of the molecule is Cc1cc(N2CNC(=O)C23CCN(C(=O)c2cc(-c4cccnc4)n(-c4ccc(C(F)(F)F)c(F)c4)n2)CC3)cc(C)c1F. The first-order valence-electron chi connectivity index (χ1n) is 13.9. The van der Waals surface area contributed by atoms with Crippen molar-refractivity contribution in [1.29, 1.82) is 0 Å². The second-order valence-corrected chi connectivity index (χ2v) is 11.0. The van der Waals surface area contributed by atoms with Crippen LogP contribution in [0, 0.1) is 25.5 Å². The van der Waals surface area contributed by atoms with Crippen LogP contribution in [-0.4, -0.2) is 56.8 Å². The van der Waals surface area contributed by atoms with Crippen molar-refractivity contribution < 1.29 is 31.5 Å². The number of likely N-dealkylation sites (tertiary alicyclic amines) is 1. The van der Waals surface area contributed by atoms with Crippen LogP contribution in [0.1, 0.15) is 40.0 Å². The molecule has 0 bridgehead atoms. The molecule has 2 fully saturated rings. The second kappa shape index (κ2) is 10.7. The van der Waals surface area contributed by atoms with Gasteiger partial charge in [-0.05, 0) is 80.3 Å². The van der Waals surface area contributed by atoms with Crippen molar-refractivity contribution in [3.63, 3.8) is 0 Å². The van der Waals surface area contributed by atoms with Crippen molar-refractivity contribution in [3.8, 4) is 16.9 Å². The highest BCUT2D eigenvalue weighted by Crippen LogP contribution is 2.38. The number of aromatic nitrogens is 3. The number of rotatable bonds is 4. The van der Waals surface area contributed by atoms with E-state index in [1.165, 1.54) is 23.1 Å². The largest absolute Gasteiger partial charge is 0.419 e. The third-order valence-corrected chi connectivity index (χ3v) is 8.34. The molecule has 0 radical (unpaired) electrons. The van der Waals surface area contributed by atoms with Crippen molar-refractivity contribution in [2.45, 2.75) is 38.4 Å². The van der Waals surface area contributed by atoms with E-state index >= 15 is 0 Å². The van der Waals surface area contributed by atoms with Gasteiger partial charge in [-0.15, -0.1) is 0 Å². The summed E-state index contributed by atoms with van der Waals surface area (Å²) in [4.78, 5) is 34.4. The average molecular weight is 611 g/mol. The molecular weight excluding hydrogens is 583 g/mol. The molecule has 0 unspecified atom stereocenters. The Morgan fingerprint density at radius 1 is 0.977 bits per heavy atom. The number of halogens is 5. The third-order valence-electron chi connectivity index (χ3n) is 8.34. The number of hydrogen-bond donors (Lipinski definition) is 1. The molecule has 8 nitrogen and oxygen atoms in total. The van der Waals surface area contributed by atoms with E-state index in [1.807, 2.05) is 4.90 Å². The maximum Gasteiger partial charge on any atom is 0.419 e. The number of aryl methyl sites for hydroxylation is 2. The summed E-state index contributed by atoms with van der Waals surface area (Å²) in [5, 5.41) is 7.27. The third kappa shape index (κ3) is 4.95. The monoisotopic (exact) mass is 610 g/mol. The number of carbonyl (C=O) groups is 2. The van der Waals surface area contributed by atoms with E-state index in [9.17, 15) is 31.5 Å². The molecule has 2 amide bonds. The van der Waals surface area contributed by atoms with Gasteiger partial charge in [0, 0.05) is 42.8 Å². The number of anilines is 1. The van der Waals surface area contributed by atoms with Crippen LogP contribution in [0.2, 0.25) is 0 Å². The molecule has 13 heteroatoms. The Morgan fingerprint density at radius 2 is 1.68 bits per heavy atom. The molecular formula is C31H27F5N6O2. The van der Waals surface area contributed by atoms with Crippen LogP contribution in [0.5, 0.6) is 0 Å². The van der Waals surface area contributed by atoms with Crippen molar-refractivity contribution in [1.82, 2.24) is 25.0 Å². The van der Waals surface area contributed by atoms with Gasteiger partial charge in [-0.25, -0.2) is 13.5 Å². The molecule has 0 saturated carbocycles. The van der Waals surface area contributed by atoms with Gasteiger partial charge in [0.1, 0.15) is 17.2 Å². The molecule has 6 rings (SSSR count). The Morgan fingerprint density at radius 3 is 2.30 bits per heavy atom. The van der Waals surface area contributed by atoms with Crippen molar-refractivity contribution in [3.05, 3.63) is 94.9 Å². The summed E-state index contributed by atoms with van der Waals surface area (Å²) in [6, 6.07) is 10.7. The smallest absolute Gasteiger partial charge is 0.339 e. The minimum absolute atomic E-state index is 0.00220. The molecule has 2 aromatic carbocycles. The number of hydrogen-bond acceptors (Lipinski definition) is 5. The quantitative estimate of drug-likeness (QED) is 0.313. The van der Waals surface area contributed by atoms with Crippen LogP contribution in [0.4, 0.5) is 27.6 Å². The molecule has 0 atom stereocenters. The minimum atomic E-state index is -4.87. The van der Waals surface area contributed by atoms with E-state index in [-0.39, 0.29) is 42.9 Å². The van der Waals surface area contributed by atoms with Gasteiger partial charge in [0.05, 0.1) is 23.6 Å². The summed E-state index contributed by atoms with van der Waals surface area (Å²) in [5.41, 5.74) is 0.148. The van der Waals surface area contributed by atoms with Crippen LogP contribution in [0.3, 0.4) is 0 Å². The molecule has 228 valence electrons. The molecule has 4 heterocycles. The topological polar surface area (TPSA) is 83.4 Å². The van der Waals surface area contributed by atoms with Crippen molar-refractivity contribution >= 4 is 17.5 Å². The normalized spacial score (nSPS) is 16.5. The summed E-state index contributed by atoms with van der Waals surface area (Å²) in [7, 11) is 0. The lowest BCUT2D eigenvalue weighted by atomic mass is 9.85. The maximum absolute atomic E-state index is 14.5. The number of benzene rings is 2. The molecule has 1 N–H and O–H groups in total. The highest BCUT2D eigenvalue weighted by atomic mass is 19.4. The van der Waals surface area contributed by atoms with Crippen molar-refractivity contribution in [2.75, 3.05) is 24.7 Å². The van der Waals surface area contributed by atoms with Crippen LogP contribution >= 0.6 is 0 Å². The molecule has 2 aliphatic rings. The van der Waals surface area contributed by atoms with Crippen LogP contribution < -0.4 is 10.2 Å². The fraction of sp³-hybridized carbons (Fsp3) is 0.290. The lowest BCUT2D eigenvalue weighted by molar-refractivity contribution is -0.140. The predicted octanol–water partition coefficient (Wildman–Crippen LogP) is 5.42. The van der Waals surface area contributed by atoms with Crippen LogP contribution in [0.25, 0.3) is 16.9 Å². The number of carbonyl (C=O) groups excluding carboxylic acids is 2. The number of amides is 2. The minimum Gasteiger partial charge on any atom is -0.339 e. The van der Waals surface area contributed by atoms with E-state index in [0.29, 0.717) is 47.0 Å². The summed E-state index contributed by atoms with van der Waals surface area (Å²) in [5.74, 6) is -2.39. The van der Waals surface area contributed by atoms with Gasteiger partial charge in [0.2, 0.25) is 5.91 Å². The zero-order valence-electron chi connectivity index (χ0n) is 23.8. The lowest BCUT2D eigenvalue weighted by Gasteiger charge is -2.43. The number of nitrogens with zero attached hydrogens (tertiary/aromatic N) is 5. The predicted molar refractivity (Wildman–Crippen MR) is 151 cm³/mol. The van der Waals surface area contributed by atoms with Crippen LogP contribution in [-0.2, 0) is 11.0 Å². The Balaban J connectivity index is 1.29. The van der Waals surface area contributed by atoms with Crippen LogP contribution in [0.15, 0.2) is 60.9 Å². The summed E-state index contributed by atoms with van der Waals surface area (Å²) in [6.07, 6.45) is -1.22. The van der Waals surface area contributed by atoms with E-state index in [0.717, 1.165) is 12.1 Å².